The highest BCUT2D eigenvalue weighted by Gasteiger charge is 2.15. The molecule has 0 unspecified atom stereocenters. The molecule has 0 amide bonds. The molecule has 14 heavy (non-hydrogen) atoms. The molecule has 2 nitrogen and oxygen atoms in total. The number of pyridine rings is 1. The Hall–Kier alpha value is -0.570. The van der Waals surface area contributed by atoms with Crippen molar-refractivity contribution in [1.82, 2.24) is 4.98 Å². The molecule has 0 saturated carbocycles. The first-order chi connectivity index (χ1) is 8.00. The van der Waals surface area contributed by atoms with Crippen LogP contribution in [-0.2, 0) is 0 Å². The van der Waals surface area contributed by atoms with Crippen molar-refractivity contribution in [2.45, 2.75) is 19.8 Å². The van der Waals surface area contributed by atoms with Gasteiger partial charge in [-0.3, -0.25) is 4.98 Å². The minimum absolute atomic E-state index is 0.0332. The fourth-order valence-electron chi connectivity index (χ4n) is 1.67. The van der Waals surface area contributed by atoms with Crippen LogP contribution in [0.2, 0.25) is 0 Å². The van der Waals surface area contributed by atoms with E-state index >= 15 is 0 Å². The lowest BCUT2D eigenvalue weighted by molar-refractivity contribution is 0.438. The summed E-state index contributed by atoms with van der Waals surface area (Å²) in [5, 5.41) is 0. The van der Waals surface area contributed by atoms with Gasteiger partial charge in [-0.2, -0.15) is 0 Å². The molecule has 1 saturated heterocycles. The topological polar surface area (TPSA) is 16.1 Å². The molecule has 1 fully saturated rings. The molecule has 3 heteroatoms. The Morgan fingerprint density at radius 3 is 2.93 bits per heavy atom. The van der Waals surface area contributed by atoms with E-state index in [1.54, 1.807) is 0 Å². The SMILES string of the molecule is [2H]c1nc([2H])c(N2CCC(C)CC2)c([2H])c1Br. The molecule has 0 aromatic carbocycles. The molecule has 0 aliphatic carbocycles. The van der Waals surface area contributed by atoms with Crippen molar-refractivity contribution in [3.63, 3.8) is 0 Å². The molecule has 1 aliphatic rings. The Morgan fingerprint density at radius 1 is 1.50 bits per heavy atom. The Balaban J connectivity index is 2.35. The molecule has 0 bridgehead atoms. The number of nitrogens with zero attached hydrogens (tertiary/aromatic N) is 2. The molecule has 2 heterocycles. The first-order valence-electron chi connectivity index (χ1n) is 6.39. The van der Waals surface area contributed by atoms with Crippen LogP contribution < -0.4 is 4.90 Å². The highest BCUT2D eigenvalue weighted by atomic mass is 79.9. The van der Waals surface area contributed by atoms with E-state index in [1.165, 1.54) is 0 Å². The van der Waals surface area contributed by atoms with E-state index in [0.717, 1.165) is 25.9 Å². The maximum atomic E-state index is 8.00. The Morgan fingerprint density at radius 2 is 2.21 bits per heavy atom. The van der Waals surface area contributed by atoms with Crippen LogP contribution in [0.25, 0.3) is 0 Å². The minimum Gasteiger partial charge on any atom is -0.370 e. The normalized spacial score (nSPS) is 21.6. The van der Waals surface area contributed by atoms with E-state index in [0.29, 0.717) is 16.1 Å². The lowest BCUT2D eigenvalue weighted by atomic mass is 9.99. The second-order valence-electron chi connectivity index (χ2n) is 3.79. The van der Waals surface area contributed by atoms with Crippen molar-refractivity contribution in [3.8, 4) is 0 Å². The van der Waals surface area contributed by atoms with Crippen LogP contribution in [0, 0.1) is 5.92 Å². The highest BCUT2D eigenvalue weighted by Crippen LogP contribution is 2.24. The van der Waals surface area contributed by atoms with E-state index in [1.807, 2.05) is 4.90 Å². The summed E-state index contributed by atoms with van der Waals surface area (Å²) in [5.41, 5.74) is 0.555. The van der Waals surface area contributed by atoms with E-state index in [2.05, 4.69) is 27.8 Å². The molecular formula is C11H15BrN2. The van der Waals surface area contributed by atoms with Gasteiger partial charge < -0.3 is 4.90 Å². The number of rotatable bonds is 1. The largest absolute Gasteiger partial charge is 0.370 e. The Labute approximate surface area is 97.7 Å². The molecule has 2 rings (SSSR count). The van der Waals surface area contributed by atoms with Crippen LogP contribution in [0.5, 0.6) is 0 Å². The van der Waals surface area contributed by atoms with Crippen molar-refractivity contribution >= 4 is 21.6 Å². The average Bonchev–Trinajstić information content (AvgIpc) is 2.29. The molecule has 1 aliphatic heterocycles. The molecule has 0 spiro atoms. The smallest absolute Gasteiger partial charge is 0.0862 e. The molecule has 1 aromatic rings. The zero-order valence-corrected chi connectivity index (χ0v) is 9.76. The standard InChI is InChI=1S/C11H15BrN2/c1-9-2-4-14(5-3-9)11-6-10(12)7-13-8-11/h6-9H,2-5H2,1H3/i6D,7D,8D. The van der Waals surface area contributed by atoms with Crippen molar-refractivity contribution in [2.75, 3.05) is 18.0 Å². The second kappa shape index (κ2) is 4.30. The van der Waals surface area contributed by atoms with Gasteiger partial charge in [0.1, 0.15) is 0 Å². The maximum absolute atomic E-state index is 8.00. The van der Waals surface area contributed by atoms with Gasteiger partial charge in [0.2, 0.25) is 0 Å². The highest BCUT2D eigenvalue weighted by molar-refractivity contribution is 9.10. The molecule has 0 radical (unpaired) electrons. The lowest BCUT2D eigenvalue weighted by Gasteiger charge is -2.31. The van der Waals surface area contributed by atoms with Crippen LogP contribution in [0.4, 0.5) is 5.69 Å². The minimum atomic E-state index is -0.0332. The fraction of sp³-hybridized carbons (Fsp3) is 0.545. The summed E-state index contributed by atoms with van der Waals surface area (Å²) < 4.78 is 23.7. The van der Waals surface area contributed by atoms with Crippen molar-refractivity contribution in [1.29, 1.82) is 0 Å². The summed E-state index contributed by atoms with van der Waals surface area (Å²) in [5.74, 6) is 0.710. The Bertz CT molecular complexity index is 431. The third-order valence-electron chi connectivity index (χ3n) is 2.64. The van der Waals surface area contributed by atoms with Gasteiger partial charge >= 0.3 is 0 Å². The Kier molecular flexibility index (Phi) is 2.10. The van der Waals surface area contributed by atoms with Gasteiger partial charge in [0.05, 0.1) is 16.0 Å². The number of aromatic nitrogens is 1. The van der Waals surface area contributed by atoms with Gasteiger partial charge in [-0.15, -0.1) is 0 Å². The number of anilines is 1. The zero-order valence-electron chi connectivity index (χ0n) is 11.2. The fourth-order valence-corrected chi connectivity index (χ4v) is 1.95. The second-order valence-corrected chi connectivity index (χ2v) is 4.59. The van der Waals surface area contributed by atoms with Gasteiger partial charge in [0.25, 0.3) is 0 Å². The summed E-state index contributed by atoms with van der Waals surface area (Å²) in [7, 11) is 0. The predicted octanol–water partition coefficient (Wildman–Crippen LogP) is 3.08. The number of halogens is 1. The molecule has 0 N–H and O–H groups in total. The van der Waals surface area contributed by atoms with Crippen LogP contribution in [0.3, 0.4) is 0 Å². The van der Waals surface area contributed by atoms with Gasteiger partial charge in [-0.1, -0.05) is 6.92 Å². The quantitative estimate of drug-likeness (QED) is 0.769. The van der Waals surface area contributed by atoms with E-state index in [4.69, 9.17) is 4.11 Å². The van der Waals surface area contributed by atoms with Crippen LogP contribution in [0.1, 0.15) is 23.9 Å². The van der Waals surface area contributed by atoms with Crippen LogP contribution >= 0.6 is 15.9 Å². The first-order valence-corrected chi connectivity index (χ1v) is 5.68. The molecular weight excluding hydrogens is 240 g/mol. The average molecular weight is 258 g/mol. The van der Waals surface area contributed by atoms with Gasteiger partial charge in [-0.05, 0) is 40.7 Å². The van der Waals surface area contributed by atoms with Gasteiger partial charge in [-0.25, -0.2) is 0 Å². The summed E-state index contributed by atoms with van der Waals surface area (Å²) >= 11 is 3.20. The lowest BCUT2D eigenvalue weighted by Crippen LogP contribution is -2.32. The zero-order chi connectivity index (χ0) is 12.6. The van der Waals surface area contributed by atoms with Crippen molar-refractivity contribution in [2.24, 2.45) is 5.92 Å². The molecule has 0 atom stereocenters. The number of hydrogen-bond donors (Lipinski definition) is 0. The number of hydrogen-bond acceptors (Lipinski definition) is 2. The third kappa shape index (κ3) is 2.27. The molecule has 1 aromatic heterocycles. The molecule has 76 valence electrons. The summed E-state index contributed by atoms with van der Waals surface area (Å²) in [6, 6.07) is 0.213. The predicted molar refractivity (Wildman–Crippen MR) is 62.5 cm³/mol. The van der Waals surface area contributed by atoms with E-state index < -0.39 is 0 Å². The van der Waals surface area contributed by atoms with E-state index in [-0.39, 0.29) is 18.4 Å². The van der Waals surface area contributed by atoms with Crippen LogP contribution in [-0.4, -0.2) is 18.1 Å². The summed E-state index contributed by atoms with van der Waals surface area (Å²) in [6.45, 7) is 3.95. The van der Waals surface area contributed by atoms with E-state index in [9.17, 15) is 0 Å². The van der Waals surface area contributed by atoms with Gasteiger partial charge in [0.15, 0.2) is 0 Å². The summed E-state index contributed by atoms with van der Waals surface area (Å²) in [4.78, 5) is 5.90. The van der Waals surface area contributed by atoms with Crippen molar-refractivity contribution < 1.29 is 4.11 Å². The van der Waals surface area contributed by atoms with Gasteiger partial charge in [0, 0.05) is 23.7 Å². The first kappa shape index (κ1) is 6.83. The van der Waals surface area contributed by atoms with Crippen molar-refractivity contribution in [3.05, 3.63) is 22.9 Å². The monoisotopic (exact) mass is 257 g/mol. The summed E-state index contributed by atoms with van der Waals surface area (Å²) in [6.07, 6.45) is 2.17. The maximum Gasteiger partial charge on any atom is 0.0862 e. The van der Waals surface area contributed by atoms with Crippen LogP contribution in [0.15, 0.2) is 22.9 Å². The third-order valence-corrected chi connectivity index (χ3v) is 3.02. The number of piperidine rings is 1.